The third kappa shape index (κ3) is 5.13. The second kappa shape index (κ2) is 10.5. The normalized spacial score (nSPS) is 12.0. The topological polar surface area (TPSA) is 0 Å². The van der Waals surface area contributed by atoms with Crippen molar-refractivity contribution in [3.8, 4) is 33.4 Å². The van der Waals surface area contributed by atoms with Gasteiger partial charge in [0.1, 0.15) is 0 Å². The lowest BCUT2D eigenvalue weighted by atomic mass is 9.87. The van der Waals surface area contributed by atoms with Crippen molar-refractivity contribution in [2.24, 2.45) is 5.92 Å². The molecule has 0 fully saturated rings. The Morgan fingerprint density at radius 1 is 0.618 bits per heavy atom. The summed E-state index contributed by atoms with van der Waals surface area (Å²) >= 11 is 0. The van der Waals surface area contributed by atoms with Crippen molar-refractivity contribution in [3.05, 3.63) is 126 Å². The average molecular weight is 443 g/mol. The van der Waals surface area contributed by atoms with Gasteiger partial charge in [-0.05, 0) is 76.8 Å². The van der Waals surface area contributed by atoms with Crippen molar-refractivity contribution >= 4 is 5.57 Å². The molecular formula is C34H34. The number of rotatable bonds is 6. The van der Waals surface area contributed by atoms with E-state index in [0.717, 1.165) is 0 Å². The maximum absolute atomic E-state index is 2.26. The van der Waals surface area contributed by atoms with Crippen LogP contribution in [0.2, 0.25) is 0 Å². The van der Waals surface area contributed by atoms with Crippen molar-refractivity contribution in [1.82, 2.24) is 0 Å². The Bertz CT molecular complexity index is 1300. The highest BCUT2D eigenvalue weighted by Crippen LogP contribution is 2.34. The molecule has 0 nitrogen and oxygen atoms in total. The Morgan fingerprint density at radius 2 is 1.09 bits per heavy atom. The smallest absolute Gasteiger partial charge is 0.0149 e. The van der Waals surface area contributed by atoms with Crippen LogP contribution >= 0.6 is 0 Å². The van der Waals surface area contributed by atoms with Gasteiger partial charge in [0.25, 0.3) is 0 Å². The zero-order valence-electron chi connectivity index (χ0n) is 21.0. The number of hydrogen-bond acceptors (Lipinski definition) is 0. The summed E-state index contributed by atoms with van der Waals surface area (Å²) in [7, 11) is 0. The third-order valence-electron chi connectivity index (χ3n) is 6.53. The van der Waals surface area contributed by atoms with Crippen LogP contribution in [0.5, 0.6) is 0 Å². The Labute approximate surface area is 205 Å². The molecular weight excluding hydrogens is 408 g/mol. The number of hydrogen-bond donors (Lipinski definition) is 0. The summed E-state index contributed by atoms with van der Waals surface area (Å²) in [6.07, 6.45) is 6.48. The lowest BCUT2D eigenvalue weighted by Gasteiger charge is -2.17. The van der Waals surface area contributed by atoms with Crippen LogP contribution in [0.25, 0.3) is 39.0 Å². The van der Waals surface area contributed by atoms with Crippen LogP contribution in [0, 0.1) is 19.8 Å². The summed E-state index contributed by atoms with van der Waals surface area (Å²) < 4.78 is 0. The van der Waals surface area contributed by atoms with E-state index in [1.807, 2.05) is 0 Å². The van der Waals surface area contributed by atoms with E-state index in [9.17, 15) is 0 Å². The maximum Gasteiger partial charge on any atom is -0.0149 e. The first-order valence-electron chi connectivity index (χ1n) is 12.2. The minimum atomic E-state index is 0.468. The van der Waals surface area contributed by atoms with E-state index in [0.29, 0.717) is 5.92 Å². The largest absolute Gasteiger partial charge is 0.0877 e. The zero-order valence-corrected chi connectivity index (χ0v) is 21.0. The molecule has 0 radical (unpaired) electrons. The van der Waals surface area contributed by atoms with Crippen LogP contribution in [0.1, 0.15) is 37.5 Å². The quantitative estimate of drug-likeness (QED) is 0.261. The Hall–Kier alpha value is -3.64. The minimum absolute atomic E-state index is 0.468. The van der Waals surface area contributed by atoms with Gasteiger partial charge < -0.3 is 0 Å². The molecule has 0 heterocycles. The monoisotopic (exact) mass is 442 g/mol. The van der Waals surface area contributed by atoms with Gasteiger partial charge in [0.05, 0.1) is 0 Å². The summed E-state index contributed by atoms with van der Waals surface area (Å²) in [5.41, 5.74) is 12.9. The maximum atomic E-state index is 2.26. The molecule has 4 rings (SSSR count). The molecule has 170 valence electrons. The van der Waals surface area contributed by atoms with Crippen molar-refractivity contribution in [3.63, 3.8) is 0 Å². The average Bonchev–Trinajstić information content (AvgIpc) is 2.86. The summed E-state index contributed by atoms with van der Waals surface area (Å²) in [5, 5.41) is 0. The Balaban J connectivity index is 1.61. The summed E-state index contributed by atoms with van der Waals surface area (Å²) in [6, 6.07) is 33.2. The molecule has 0 aromatic heterocycles. The van der Waals surface area contributed by atoms with Gasteiger partial charge in [0, 0.05) is 0 Å². The standard InChI is InChI=1S/C34H34/c1-6-7-9-32(24(2)3)34-11-8-10-33(26(34)5)31-22-20-30(21-23-31)29-18-16-28(17-19-29)27-14-12-25(4)13-15-27/h6-24H,1-5H3/b7-6-,32-9+. The van der Waals surface area contributed by atoms with E-state index in [1.165, 1.54) is 55.6 Å². The second-order valence-corrected chi connectivity index (χ2v) is 9.30. The first-order valence-corrected chi connectivity index (χ1v) is 12.2. The molecule has 4 aromatic carbocycles. The molecule has 0 aliphatic carbocycles. The van der Waals surface area contributed by atoms with Crippen LogP contribution < -0.4 is 0 Å². The van der Waals surface area contributed by atoms with E-state index in [-0.39, 0.29) is 0 Å². The van der Waals surface area contributed by atoms with Gasteiger partial charge >= 0.3 is 0 Å². The van der Waals surface area contributed by atoms with Crippen molar-refractivity contribution < 1.29 is 0 Å². The molecule has 0 heteroatoms. The molecule has 0 saturated carbocycles. The van der Waals surface area contributed by atoms with Crippen molar-refractivity contribution in [1.29, 1.82) is 0 Å². The van der Waals surface area contributed by atoms with Gasteiger partial charge in [-0.2, -0.15) is 0 Å². The van der Waals surface area contributed by atoms with Gasteiger partial charge in [0.2, 0.25) is 0 Å². The fourth-order valence-electron chi connectivity index (χ4n) is 4.50. The molecule has 0 saturated heterocycles. The number of benzene rings is 4. The first-order chi connectivity index (χ1) is 16.5. The zero-order chi connectivity index (χ0) is 24.1. The lowest BCUT2D eigenvalue weighted by molar-refractivity contribution is 0.854. The first kappa shape index (κ1) is 23.5. The third-order valence-corrected chi connectivity index (χ3v) is 6.53. The highest BCUT2D eigenvalue weighted by atomic mass is 14.2. The molecule has 0 N–H and O–H groups in total. The molecule has 4 aromatic rings. The predicted molar refractivity (Wildman–Crippen MR) is 150 cm³/mol. The lowest BCUT2D eigenvalue weighted by Crippen LogP contribution is -1.98. The fourth-order valence-corrected chi connectivity index (χ4v) is 4.50. The van der Waals surface area contributed by atoms with Gasteiger partial charge in [0.15, 0.2) is 0 Å². The molecule has 0 amide bonds. The van der Waals surface area contributed by atoms with Gasteiger partial charge in [-0.15, -0.1) is 0 Å². The Morgan fingerprint density at radius 3 is 1.56 bits per heavy atom. The van der Waals surface area contributed by atoms with E-state index < -0.39 is 0 Å². The fraction of sp³-hybridized carbons (Fsp3) is 0.176. The van der Waals surface area contributed by atoms with E-state index in [1.54, 1.807) is 0 Å². The van der Waals surface area contributed by atoms with Crippen LogP contribution in [0.3, 0.4) is 0 Å². The molecule has 0 aliphatic heterocycles. The van der Waals surface area contributed by atoms with E-state index in [4.69, 9.17) is 0 Å². The summed E-state index contributed by atoms with van der Waals surface area (Å²) in [4.78, 5) is 0. The van der Waals surface area contributed by atoms with Gasteiger partial charge in [-0.1, -0.05) is 129 Å². The second-order valence-electron chi connectivity index (χ2n) is 9.30. The molecule has 0 unspecified atom stereocenters. The molecule has 34 heavy (non-hydrogen) atoms. The van der Waals surface area contributed by atoms with Crippen LogP contribution in [0.15, 0.2) is 109 Å². The summed E-state index contributed by atoms with van der Waals surface area (Å²) in [6.45, 7) is 11.0. The highest BCUT2D eigenvalue weighted by molar-refractivity contribution is 5.80. The number of aryl methyl sites for hydroxylation is 1. The SMILES string of the molecule is C/C=C\C=C(\c1cccc(-c2ccc(-c3ccc(-c4ccc(C)cc4)cc3)cc2)c1C)C(C)C. The van der Waals surface area contributed by atoms with Gasteiger partial charge in [-0.3, -0.25) is 0 Å². The van der Waals surface area contributed by atoms with Crippen molar-refractivity contribution in [2.45, 2.75) is 34.6 Å². The van der Waals surface area contributed by atoms with Crippen molar-refractivity contribution in [2.75, 3.05) is 0 Å². The molecule has 0 aliphatic rings. The summed E-state index contributed by atoms with van der Waals surface area (Å²) in [5.74, 6) is 0.468. The van der Waals surface area contributed by atoms with E-state index in [2.05, 4.69) is 144 Å². The van der Waals surface area contributed by atoms with Gasteiger partial charge in [-0.25, -0.2) is 0 Å². The number of allylic oxidation sites excluding steroid dienone is 4. The molecule has 0 spiro atoms. The van der Waals surface area contributed by atoms with Crippen LogP contribution in [-0.2, 0) is 0 Å². The van der Waals surface area contributed by atoms with E-state index >= 15 is 0 Å². The predicted octanol–water partition coefficient (Wildman–Crippen LogP) is 9.92. The molecule has 0 atom stereocenters. The highest BCUT2D eigenvalue weighted by Gasteiger charge is 2.12. The minimum Gasteiger partial charge on any atom is -0.0877 e. The Kier molecular flexibility index (Phi) is 7.28. The van der Waals surface area contributed by atoms with Crippen LogP contribution in [-0.4, -0.2) is 0 Å². The molecule has 0 bridgehead atoms. The van der Waals surface area contributed by atoms with Crippen LogP contribution in [0.4, 0.5) is 0 Å².